The number of nitrogens with one attached hydrogen (secondary N) is 2. The lowest BCUT2D eigenvalue weighted by Gasteiger charge is -2.30. The van der Waals surface area contributed by atoms with Crippen LogP contribution in [0.5, 0.6) is 5.75 Å². The first-order valence-electron chi connectivity index (χ1n) is 7.88. The maximum atomic E-state index is 12.7. The van der Waals surface area contributed by atoms with E-state index < -0.39 is 38.7 Å². The summed E-state index contributed by atoms with van der Waals surface area (Å²) in [6.45, 7) is 3.03. The zero-order chi connectivity index (χ0) is 19.7. The van der Waals surface area contributed by atoms with Crippen molar-refractivity contribution in [3.63, 3.8) is 0 Å². The van der Waals surface area contributed by atoms with Crippen molar-refractivity contribution in [1.82, 2.24) is 0 Å². The lowest BCUT2D eigenvalue weighted by atomic mass is 9.94. The van der Waals surface area contributed by atoms with Crippen LogP contribution in [0.4, 0.5) is 14.5 Å². The highest BCUT2D eigenvalue weighted by Crippen LogP contribution is 2.38. The van der Waals surface area contributed by atoms with E-state index in [1.54, 1.807) is 0 Å². The summed E-state index contributed by atoms with van der Waals surface area (Å²) in [5, 5.41) is 9.60. The van der Waals surface area contributed by atoms with Gasteiger partial charge in [0.25, 0.3) is 5.91 Å². The number of anilines is 1. The fraction of sp³-hybridized carbons (Fsp3) is 0.500. The van der Waals surface area contributed by atoms with E-state index in [4.69, 9.17) is 15.9 Å². The summed E-state index contributed by atoms with van der Waals surface area (Å²) in [6.07, 6.45) is -2.76. The van der Waals surface area contributed by atoms with Crippen molar-refractivity contribution in [3.05, 3.63) is 23.8 Å². The van der Waals surface area contributed by atoms with Crippen LogP contribution in [-0.4, -0.2) is 43.7 Å². The van der Waals surface area contributed by atoms with Gasteiger partial charge in [0.2, 0.25) is 0 Å². The van der Waals surface area contributed by atoms with Gasteiger partial charge < -0.3 is 15.8 Å². The molecule has 0 saturated heterocycles. The van der Waals surface area contributed by atoms with Crippen LogP contribution < -0.4 is 15.8 Å². The Labute approximate surface area is 150 Å². The Kier molecular flexibility index (Phi) is 5.55. The lowest BCUT2D eigenvalue weighted by molar-refractivity contribution is -0.126. The van der Waals surface area contributed by atoms with Gasteiger partial charge in [0, 0.05) is 17.2 Å². The van der Waals surface area contributed by atoms with E-state index >= 15 is 0 Å². The number of hydrogen-bond donors (Lipinski definition) is 3. The molecule has 2 rings (SSSR count). The van der Waals surface area contributed by atoms with Gasteiger partial charge in [-0.1, -0.05) is 0 Å². The minimum Gasteiger partial charge on any atom is -0.493 e. The zero-order valence-electron chi connectivity index (χ0n) is 14.4. The summed E-state index contributed by atoms with van der Waals surface area (Å²) in [4.78, 5) is 11.2. The number of alkyl halides is 2. The summed E-state index contributed by atoms with van der Waals surface area (Å²) in [5.74, 6) is -2.20. The van der Waals surface area contributed by atoms with E-state index in [0.29, 0.717) is 24.3 Å². The first kappa shape index (κ1) is 20.1. The van der Waals surface area contributed by atoms with Crippen LogP contribution in [-0.2, 0) is 14.6 Å². The average Bonchev–Trinajstić information content (AvgIpc) is 2.54. The standard InChI is InChI=1S/C16H21F2N3O4S/c1-16(2,15(19)20)26(23,24)8-9-5-6-25-12-4-3-10(7-11(9)12)21-14(22)13(17)18/h3-4,7,9,13H,5-6,8H2,1-2H3,(H3,19,20)(H,21,22). The van der Waals surface area contributed by atoms with E-state index in [2.05, 4.69) is 5.32 Å². The molecule has 10 heteroatoms. The predicted molar refractivity (Wildman–Crippen MR) is 93.7 cm³/mol. The van der Waals surface area contributed by atoms with Crippen LogP contribution in [0.1, 0.15) is 31.7 Å². The Morgan fingerprint density at radius 2 is 2.12 bits per heavy atom. The number of halogens is 2. The first-order chi connectivity index (χ1) is 12.0. The molecule has 1 aromatic rings. The van der Waals surface area contributed by atoms with Crippen LogP contribution in [0, 0.1) is 5.41 Å². The number of fused-ring (bicyclic) bond motifs is 1. The molecule has 1 atom stereocenters. The van der Waals surface area contributed by atoms with Gasteiger partial charge in [-0.3, -0.25) is 10.2 Å². The molecule has 0 fully saturated rings. The van der Waals surface area contributed by atoms with Crippen molar-refractivity contribution in [2.24, 2.45) is 5.73 Å². The number of amidine groups is 1. The molecule has 1 aliphatic heterocycles. The normalized spacial score (nSPS) is 17.3. The quantitative estimate of drug-likeness (QED) is 0.506. The van der Waals surface area contributed by atoms with Crippen molar-refractivity contribution in [2.75, 3.05) is 17.7 Å². The average molecular weight is 389 g/mol. The van der Waals surface area contributed by atoms with E-state index in [1.165, 1.54) is 32.0 Å². The number of benzene rings is 1. The molecule has 1 amide bonds. The van der Waals surface area contributed by atoms with Crippen molar-refractivity contribution < 1.29 is 26.7 Å². The fourth-order valence-electron chi connectivity index (χ4n) is 2.55. The van der Waals surface area contributed by atoms with Gasteiger partial charge in [-0.15, -0.1) is 0 Å². The van der Waals surface area contributed by atoms with Crippen molar-refractivity contribution in [3.8, 4) is 5.75 Å². The molecule has 0 aliphatic carbocycles. The third-order valence-electron chi connectivity index (χ3n) is 4.49. The third-order valence-corrected chi connectivity index (χ3v) is 7.10. The number of ether oxygens (including phenoxy) is 1. The molecular weight excluding hydrogens is 368 g/mol. The molecule has 1 heterocycles. The minimum atomic E-state index is -3.76. The number of carbonyl (C=O) groups excluding carboxylic acids is 1. The minimum absolute atomic E-state index is 0.132. The Bertz CT molecular complexity index is 825. The lowest BCUT2D eigenvalue weighted by Crippen LogP contribution is -2.47. The molecular formula is C16H21F2N3O4S. The molecule has 26 heavy (non-hydrogen) atoms. The van der Waals surface area contributed by atoms with E-state index in [0.717, 1.165) is 0 Å². The number of nitrogens with two attached hydrogens (primary N) is 1. The number of amides is 1. The highest BCUT2D eigenvalue weighted by Gasteiger charge is 2.40. The molecule has 0 saturated carbocycles. The van der Waals surface area contributed by atoms with Crippen molar-refractivity contribution in [1.29, 1.82) is 5.41 Å². The Hall–Kier alpha value is -2.23. The van der Waals surface area contributed by atoms with E-state index in [-0.39, 0.29) is 11.4 Å². The molecule has 4 N–H and O–H groups in total. The molecule has 0 spiro atoms. The SMILES string of the molecule is CC(C)(C(=N)N)S(=O)(=O)CC1CCOc2ccc(NC(=O)C(F)F)cc21. The summed E-state index contributed by atoms with van der Waals surface area (Å²) in [5.41, 5.74) is 6.06. The van der Waals surface area contributed by atoms with E-state index in [1.807, 2.05) is 0 Å². The third kappa shape index (κ3) is 3.95. The van der Waals surface area contributed by atoms with Gasteiger partial charge in [0.1, 0.15) is 16.3 Å². The van der Waals surface area contributed by atoms with Gasteiger partial charge >= 0.3 is 6.43 Å². The number of rotatable bonds is 6. The van der Waals surface area contributed by atoms with Gasteiger partial charge in [-0.25, -0.2) is 8.42 Å². The van der Waals surface area contributed by atoms with Crippen LogP contribution in [0.3, 0.4) is 0 Å². The summed E-state index contributed by atoms with van der Waals surface area (Å²) < 4.78 is 54.2. The maximum absolute atomic E-state index is 12.7. The molecule has 1 unspecified atom stereocenters. The Morgan fingerprint density at radius 1 is 1.46 bits per heavy atom. The Morgan fingerprint density at radius 3 is 2.69 bits per heavy atom. The fourth-order valence-corrected chi connectivity index (χ4v) is 4.18. The summed E-state index contributed by atoms with van der Waals surface area (Å²) >= 11 is 0. The molecule has 0 bridgehead atoms. The maximum Gasteiger partial charge on any atom is 0.315 e. The second-order valence-electron chi connectivity index (χ2n) is 6.58. The first-order valence-corrected chi connectivity index (χ1v) is 9.53. The molecule has 1 aromatic carbocycles. The number of hydrogen-bond acceptors (Lipinski definition) is 5. The largest absolute Gasteiger partial charge is 0.493 e. The molecule has 7 nitrogen and oxygen atoms in total. The number of carbonyl (C=O) groups is 1. The molecule has 0 aromatic heterocycles. The highest BCUT2D eigenvalue weighted by atomic mass is 32.2. The second kappa shape index (κ2) is 7.18. The van der Waals surface area contributed by atoms with Gasteiger partial charge in [0.15, 0.2) is 9.84 Å². The van der Waals surface area contributed by atoms with Gasteiger partial charge in [0.05, 0.1) is 12.4 Å². The molecule has 1 aliphatic rings. The van der Waals surface area contributed by atoms with Gasteiger partial charge in [-0.05, 0) is 38.5 Å². The monoisotopic (exact) mass is 389 g/mol. The second-order valence-corrected chi connectivity index (χ2v) is 9.17. The summed E-state index contributed by atoms with van der Waals surface area (Å²) in [6, 6.07) is 4.36. The smallest absolute Gasteiger partial charge is 0.315 e. The number of sulfone groups is 1. The van der Waals surface area contributed by atoms with E-state index in [9.17, 15) is 22.0 Å². The van der Waals surface area contributed by atoms with Crippen LogP contribution >= 0.6 is 0 Å². The van der Waals surface area contributed by atoms with Crippen molar-refractivity contribution >= 4 is 27.3 Å². The van der Waals surface area contributed by atoms with Gasteiger partial charge in [-0.2, -0.15) is 8.78 Å². The Balaban J connectivity index is 2.32. The van der Waals surface area contributed by atoms with Crippen molar-refractivity contribution in [2.45, 2.75) is 37.4 Å². The zero-order valence-corrected chi connectivity index (χ0v) is 15.2. The van der Waals surface area contributed by atoms with Crippen LogP contribution in [0.15, 0.2) is 18.2 Å². The predicted octanol–water partition coefficient (Wildman–Crippen LogP) is 1.89. The topological polar surface area (TPSA) is 122 Å². The highest BCUT2D eigenvalue weighted by molar-refractivity contribution is 7.93. The summed E-state index contributed by atoms with van der Waals surface area (Å²) in [7, 11) is -3.76. The molecule has 144 valence electrons. The van der Waals surface area contributed by atoms with Crippen LogP contribution in [0.25, 0.3) is 0 Å². The molecule has 0 radical (unpaired) electrons. The van der Waals surface area contributed by atoms with Crippen LogP contribution in [0.2, 0.25) is 0 Å².